The predicted molar refractivity (Wildman–Crippen MR) is 83.3 cm³/mol. The molecule has 0 bridgehead atoms. The number of hydrogen-bond donors (Lipinski definition) is 1. The molecule has 1 N–H and O–H groups in total. The largest absolute Gasteiger partial charge is 0.374 e. The standard InChI is InChI=1S/C17H26N2O/c1-3-18-12-14-11-13(2)7-8-15(14)19-9-10-20-17-6-4-5-16(17)19/h7-8,11,16-18H,3-6,9-10,12H2,1-2H3. The summed E-state index contributed by atoms with van der Waals surface area (Å²) in [5.41, 5.74) is 4.19. The Balaban J connectivity index is 1.87. The number of ether oxygens (including phenoxy) is 1. The van der Waals surface area contributed by atoms with E-state index in [2.05, 4.69) is 42.3 Å². The van der Waals surface area contributed by atoms with Crippen LogP contribution in [0.1, 0.15) is 37.3 Å². The fourth-order valence-electron chi connectivity index (χ4n) is 3.62. The van der Waals surface area contributed by atoms with Crippen LogP contribution in [0, 0.1) is 6.92 Å². The van der Waals surface area contributed by atoms with E-state index in [0.29, 0.717) is 12.1 Å². The maximum absolute atomic E-state index is 5.94. The van der Waals surface area contributed by atoms with Crippen LogP contribution in [-0.2, 0) is 11.3 Å². The van der Waals surface area contributed by atoms with Crippen molar-refractivity contribution < 1.29 is 4.74 Å². The van der Waals surface area contributed by atoms with Gasteiger partial charge in [-0.05, 0) is 44.4 Å². The molecule has 1 aliphatic heterocycles. The van der Waals surface area contributed by atoms with Gasteiger partial charge in [0.2, 0.25) is 0 Å². The number of aryl methyl sites for hydroxylation is 1. The van der Waals surface area contributed by atoms with Gasteiger partial charge in [0.05, 0.1) is 18.8 Å². The SMILES string of the molecule is CCNCc1cc(C)ccc1N1CCOC2CCCC21. The van der Waals surface area contributed by atoms with Crippen LogP contribution in [0.4, 0.5) is 5.69 Å². The van der Waals surface area contributed by atoms with E-state index in [4.69, 9.17) is 4.74 Å². The average Bonchev–Trinajstić information content (AvgIpc) is 2.94. The van der Waals surface area contributed by atoms with Gasteiger partial charge in [0.15, 0.2) is 0 Å². The molecule has 20 heavy (non-hydrogen) atoms. The molecule has 2 unspecified atom stereocenters. The zero-order valence-electron chi connectivity index (χ0n) is 12.7. The number of nitrogens with zero attached hydrogens (tertiary/aromatic N) is 1. The van der Waals surface area contributed by atoms with Crippen LogP contribution >= 0.6 is 0 Å². The molecule has 0 radical (unpaired) electrons. The smallest absolute Gasteiger partial charge is 0.0779 e. The fourth-order valence-corrected chi connectivity index (χ4v) is 3.62. The molecule has 1 saturated heterocycles. The van der Waals surface area contributed by atoms with Crippen LogP contribution in [0.2, 0.25) is 0 Å². The van der Waals surface area contributed by atoms with E-state index in [-0.39, 0.29) is 0 Å². The molecule has 110 valence electrons. The molecule has 1 aromatic rings. The Bertz CT molecular complexity index is 460. The fraction of sp³-hybridized carbons (Fsp3) is 0.647. The van der Waals surface area contributed by atoms with Crippen molar-refractivity contribution in [1.82, 2.24) is 5.32 Å². The molecule has 0 aromatic heterocycles. The van der Waals surface area contributed by atoms with E-state index < -0.39 is 0 Å². The number of benzene rings is 1. The van der Waals surface area contributed by atoms with Gasteiger partial charge in [0, 0.05) is 18.8 Å². The van der Waals surface area contributed by atoms with E-state index in [0.717, 1.165) is 26.2 Å². The van der Waals surface area contributed by atoms with E-state index in [1.165, 1.54) is 36.1 Å². The lowest BCUT2D eigenvalue weighted by atomic mass is 10.0. The summed E-state index contributed by atoms with van der Waals surface area (Å²) < 4.78 is 5.94. The van der Waals surface area contributed by atoms with Gasteiger partial charge in [-0.15, -0.1) is 0 Å². The monoisotopic (exact) mass is 274 g/mol. The minimum absolute atomic E-state index is 0.456. The molecule has 0 amide bonds. The predicted octanol–water partition coefficient (Wildman–Crippen LogP) is 2.86. The Morgan fingerprint density at radius 1 is 1.35 bits per heavy atom. The van der Waals surface area contributed by atoms with Crippen molar-refractivity contribution in [3.05, 3.63) is 29.3 Å². The Labute approximate surface area is 122 Å². The lowest BCUT2D eigenvalue weighted by Gasteiger charge is -2.40. The van der Waals surface area contributed by atoms with E-state index in [9.17, 15) is 0 Å². The van der Waals surface area contributed by atoms with Crippen LogP contribution in [0.5, 0.6) is 0 Å². The van der Waals surface area contributed by atoms with Crippen molar-refractivity contribution in [2.75, 3.05) is 24.6 Å². The Morgan fingerprint density at radius 2 is 2.25 bits per heavy atom. The van der Waals surface area contributed by atoms with Gasteiger partial charge in [-0.1, -0.05) is 24.6 Å². The minimum Gasteiger partial charge on any atom is -0.374 e. The molecule has 2 atom stereocenters. The van der Waals surface area contributed by atoms with Crippen molar-refractivity contribution in [3.63, 3.8) is 0 Å². The van der Waals surface area contributed by atoms with Gasteiger partial charge < -0.3 is 15.0 Å². The van der Waals surface area contributed by atoms with Gasteiger partial charge in [-0.3, -0.25) is 0 Å². The molecule has 3 rings (SSSR count). The first-order chi connectivity index (χ1) is 9.79. The second-order valence-corrected chi connectivity index (χ2v) is 6.01. The van der Waals surface area contributed by atoms with E-state index in [1.54, 1.807) is 0 Å². The molecule has 3 nitrogen and oxygen atoms in total. The topological polar surface area (TPSA) is 24.5 Å². The average molecular weight is 274 g/mol. The zero-order chi connectivity index (χ0) is 13.9. The first-order valence-corrected chi connectivity index (χ1v) is 7.98. The second-order valence-electron chi connectivity index (χ2n) is 6.01. The Morgan fingerprint density at radius 3 is 3.10 bits per heavy atom. The van der Waals surface area contributed by atoms with Gasteiger partial charge in [-0.25, -0.2) is 0 Å². The van der Waals surface area contributed by atoms with Crippen LogP contribution in [0.15, 0.2) is 18.2 Å². The van der Waals surface area contributed by atoms with Gasteiger partial charge in [-0.2, -0.15) is 0 Å². The summed E-state index contributed by atoms with van der Waals surface area (Å²) in [6, 6.07) is 7.47. The van der Waals surface area contributed by atoms with Gasteiger partial charge >= 0.3 is 0 Å². The van der Waals surface area contributed by atoms with Crippen LogP contribution in [-0.4, -0.2) is 31.8 Å². The summed E-state index contributed by atoms with van der Waals surface area (Å²) in [7, 11) is 0. The maximum atomic E-state index is 5.94. The van der Waals surface area contributed by atoms with Crippen molar-refractivity contribution >= 4 is 5.69 Å². The van der Waals surface area contributed by atoms with Crippen LogP contribution < -0.4 is 10.2 Å². The van der Waals surface area contributed by atoms with Crippen LogP contribution in [0.3, 0.4) is 0 Å². The third kappa shape index (κ3) is 2.70. The highest BCUT2D eigenvalue weighted by Crippen LogP contribution is 2.34. The number of morpholine rings is 1. The Hall–Kier alpha value is -1.06. The van der Waals surface area contributed by atoms with Crippen molar-refractivity contribution in [3.8, 4) is 0 Å². The lowest BCUT2D eigenvalue weighted by molar-refractivity contribution is 0.0256. The highest BCUT2D eigenvalue weighted by Gasteiger charge is 2.36. The number of rotatable bonds is 4. The first kappa shape index (κ1) is 13.9. The molecule has 2 aliphatic rings. The van der Waals surface area contributed by atoms with E-state index >= 15 is 0 Å². The molecular formula is C17H26N2O. The summed E-state index contributed by atoms with van der Waals surface area (Å²) in [5, 5.41) is 3.47. The number of anilines is 1. The highest BCUT2D eigenvalue weighted by molar-refractivity contribution is 5.56. The molecule has 0 spiro atoms. The molecule has 1 aromatic carbocycles. The summed E-state index contributed by atoms with van der Waals surface area (Å²) in [6.45, 7) is 8.22. The zero-order valence-corrected chi connectivity index (χ0v) is 12.7. The number of nitrogens with one attached hydrogen (secondary N) is 1. The van der Waals surface area contributed by atoms with E-state index in [1.807, 2.05) is 0 Å². The van der Waals surface area contributed by atoms with Gasteiger partial charge in [0.1, 0.15) is 0 Å². The van der Waals surface area contributed by atoms with Gasteiger partial charge in [0.25, 0.3) is 0 Å². The molecule has 2 fully saturated rings. The van der Waals surface area contributed by atoms with Crippen molar-refractivity contribution in [1.29, 1.82) is 0 Å². The summed E-state index contributed by atoms with van der Waals surface area (Å²) in [4.78, 5) is 2.60. The highest BCUT2D eigenvalue weighted by atomic mass is 16.5. The molecule has 1 heterocycles. The third-order valence-corrected chi connectivity index (χ3v) is 4.59. The number of hydrogen-bond acceptors (Lipinski definition) is 3. The first-order valence-electron chi connectivity index (χ1n) is 7.98. The van der Waals surface area contributed by atoms with Crippen LogP contribution in [0.25, 0.3) is 0 Å². The normalized spacial score (nSPS) is 25.8. The second kappa shape index (κ2) is 6.15. The van der Waals surface area contributed by atoms with Crippen molar-refractivity contribution in [2.45, 2.75) is 51.8 Å². The maximum Gasteiger partial charge on any atom is 0.0779 e. The third-order valence-electron chi connectivity index (χ3n) is 4.59. The minimum atomic E-state index is 0.456. The number of fused-ring (bicyclic) bond motifs is 1. The summed E-state index contributed by atoms with van der Waals surface area (Å²) >= 11 is 0. The Kier molecular flexibility index (Phi) is 4.27. The molecule has 3 heteroatoms. The van der Waals surface area contributed by atoms with Crippen molar-refractivity contribution in [2.24, 2.45) is 0 Å². The molecule has 1 saturated carbocycles. The quantitative estimate of drug-likeness (QED) is 0.913. The molecule has 1 aliphatic carbocycles. The molecular weight excluding hydrogens is 248 g/mol. The summed E-state index contributed by atoms with van der Waals surface area (Å²) in [5.74, 6) is 0. The summed E-state index contributed by atoms with van der Waals surface area (Å²) in [6.07, 6.45) is 4.27. The lowest BCUT2D eigenvalue weighted by Crippen LogP contribution is -2.49.